The molecule has 1 fully saturated rings. The first kappa shape index (κ1) is 17.5. The van der Waals surface area contributed by atoms with E-state index in [4.69, 9.17) is 0 Å². The first-order valence-electron chi connectivity index (χ1n) is 8.12. The number of amides is 2. The van der Waals surface area contributed by atoms with Gasteiger partial charge in [-0.2, -0.15) is 5.10 Å². The minimum atomic E-state index is -0.602. The summed E-state index contributed by atoms with van der Waals surface area (Å²) in [5, 5.41) is 19.9. The lowest BCUT2D eigenvalue weighted by atomic mass is 10.1. The van der Waals surface area contributed by atoms with Crippen molar-refractivity contribution in [1.29, 1.82) is 0 Å². The second kappa shape index (κ2) is 7.59. The summed E-state index contributed by atoms with van der Waals surface area (Å²) in [6.45, 7) is 6.42. The van der Waals surface area contributed by atoms with Crippen LogP contribution in [0.3, 0.4) is 0 Å². The predicted octanol–water partition coefficient (Wildman–Crippen LogP) is 0.447. The molecule has 1 aliphatic heterocycles. The quantitative estimate of drug-likeness (QED) is 0.749. The average Bonchev–Trinajstić information content (AvgIpc) is 2.69. The van der Waals surface area contributed by atoms with E-state index < -0.39 is 6.10 Å². The summed E-state index contributed by atoms with van der Waals surface area (Å²) in [6.07, 6.45) is 1.56. The van der Waals surface area contributed by atoms with E-state index in [0.29, 0.717) is 38.8 Å². The van der Waals surface area contributed by atoms with Crippen LogP contribution >= 0.6 is 0 Å². The highest BCUT2D eigenvalue weighted by Crippen LogP contribution is 2.16. The predicted molar refractivity (Wildman–Crippen MR) is 85.8 cm³/mol. The number of nitrogens with one attached hydrogen (secondary N) is 2. The van der Waals surface area contributed by atoms with Crippen LogP contribution in [0.15, 0.2) is 0 Å². The number of hydrogen-bond donors (Lipinski definition) is 3. The monoisotopic (exact) mass is 322 g/mol. The van der Waals surface area contributed by atoms with E-state index in [-0.39, 0.29) is 17.9 Å². The zero-order valence-electron chi connectivity index (χ0n) is 14.1. The number of aliphatic hydroxyl groups is 1. The number of likely N-dealkylation sites (tertiary alicyclic amines) is 1. The van der Waals surface area contributed by atoms with Crippen molar-refractivity contribution in [2.45, 2.75) is 58.6 Å². The number of carbonyl (C=O) groups excluding carboxylic acids is 2. The minimum Gasteiger partial charge on any atom is -0.391 e. The van der Waals surface area contributed by atoms with Crippen molar-refractivity contribution < 1.29 is 14.7 Å². The molecule has 0 radical (unpaired) electrons. The van der Waals surface area contributed by atoms with Crippen LogP contribution < -0.4 is 5.32 Å². The molecule has 2 rings (SSSR count). The molecule has 23 heavy (non-hydrogen) atoms. The first-order valence-corrected chi connectivity index (χ1v) is 8.12. The van der Waals surface area contributed by atoms with E-state index in [9.17, 15) is 14.7 Å². The smallest absolute Gasteiger partial charge is 0.222 e. The second-order valence-electron chi connectivity index (χ2n) is 6.25. The zero-order chi connectivity index (χ0) is 17.0. The molecule has 128 valence electrons. The maximum Gasteiger partial charge on any atom is 0.222 e. The van der Waals surface area contributed by atoms with Crippen LogP contribution in [-0.2, 0) is 16.0 Å². The average molecular weight is 322 g/mol. The fraction of sp³-hybridized carbons (Fsp3) is 0.688. The summed E-state index contributed by atoms with van der Waals surface area (Å²) in [5.41, 5.74) is 3.05. The Labute approximate surface area is 136 Å². The molecular weight excluding hydrogens is 296 g/mol. The molecule has 7 heteroatoms. The lowest BCUT2D eigenvalue weighted by Gasteiger charge is -2.21. The van der Waals surface area contributed by atoms with Crippen LogP contribution in [-0.4, -0.2) is 57.3 Å². The Morgan fingerprint density at radius 3 is 2.65 bits per heavy atom. The molecule has 0 bridgehead atoms. The second-order valence-corrected chi connectivity index (χ2v) is 6.25. The number of hydrogen-bond acceptors (Lipinski definition) is 4. The number of nitrogens with zero attached hydrogens (tertiary/aromatic N) is 2. The van der Waals surface area contributed by atoms with Crippen LogP contribution in [0.1, 0.15) is 43.1 Å². The van der Waals surface area contributed by atoms with Gasteiger partial charge >= 0.3 is 0 Å². The van der Waals surface area contributed by atoms with E-state index in [0.717, 1.165) is 17.0 Å². The maximum atomic E-state index is 12.4. The fourth-order valence-electron chi connectivity index (χ4n) is 3.10. The number of H-pyrrole nitrogens is 1. The largest absolute Gasteiger partial charge is 0.391 e. The molecule has 1 saturated heterocycles. The standard InChI is InChI=1S/C16H26N4O3/c1-10-13(11(2)19-18-10)4-5-16(23)20-8-6-14(17-12(3)21)15(22)7-9-20/h14-15,22H,4-9H2,1-3H3,(H,17,21)(H,18,19)/t14-,15-/m0/s1. The van der Waals surface area contributed by atoms with Gasteiger partial charge in [-0.05, 0) is 38.7 Å². The third kappa shape index (κ3) is 4.54. The summed E-state index contributed by atoms with van der Waals surface area (Å²) in [5.74, 6) is -0.0691. The molecule has 7 nitrogen and oxygen atoms in total. The Morgan fingerprint density at radius 1 is 1.35 bits per heavy atom. The summed E-state index contributed by atoms with van der Waals surface area (Å²) in [6, 6.07) is -0.274. The van der Waals surface area contributed by atoms with Crippen molar-refractivity contribution in [3.63, 3.8) is 0 Å². The van der Waals surface area contributed by atoms with Gasteiger partial charge in [-0.15, -0.1) is 0 Å². The highest BCUT2D eigenvalue weighted by molar-refractivity contribution is 5.76. The Morgan fingerprint density at radius 2 is 2.04 bits per heavy atom. The molecule has 0 aromatic carbocycles. The molecular formula is C16H26N4O3. The number of aromatic nitrogens is 2. The summed E-state index contributed by atoms with van der Waals surface area (Å²) in [4.78, 5) is 25.4. The molecule has 2 heterocycles. The molecule has 1 aromatic heterocycles. The van der Waals surface area contributed by atoms with Gasteiger partial charge in [0.05, 0.1) is 17.8 Å². The molecule has 2 atom stereocenters. The van der Waals surface area contributed by atoms with Crippen molar-refractivity contribution >= 4 is 11.8 Å². The number of rotatable bonds is 4. The van der Waals surface area contributed by atoms with Crippen molar-refractivity contribution in [2.24, 2.45) is 0 Å². The summed E-state index contributed by atoms with van der Waals surface area (Å²) in [7, 11) is 0. The summed E-state index contributed by atoms with van der Waals surface area (Å²) >= 11 is 0. The van der Waals surface area contributed by atoms with Gasteiger partial charge in [-0.3, -0.25) is 14.7 Å². The van der Waals surface area contributed by atoms with Gasteiger partial charge < -0.3 is 15.3 Å². The number of aromatic amines is 1. The highest BCUT2D eigenvalue weighted by atomic mass is 16.3. The number of aryl methyl sites for hydroxylation is 2. The minimum absolute atomic E-state index is 0.0840. The topological polar surface area (TPSA) is 98.3 Å². The van der Waals surface area contributed by atoms with E-state index in [1.807, 2.05) is 13.8 Å². The molecule has 3 N–H and O–H groups in total. The third-order valence-corrected chi connectivity index (χ3v) is 4.48. The molecule has 1 aliphatic rings. The van der Waals surface area contributed by atoms with E-state index in [2.05, 4.69) is 15.5 Å². The third-order valence-electron chi connectivity index (χ3n) is 4.48. The van der Waals surface area contributed by atoms with Crippen molar-refractivity contribution in [2.75, 3.05) is 13.1 Å². The zero-order valence-corrected chi connectivity index (χ0v) is 14.1. The number of carbonyl (C=O) groups is 2. The fourth-order valence-corrected chi connectivity index (χ4v) is 3.10. The van der Waals surface area contributed by atoms with Crippen LogP contribution in [0.4, 0.5) is 0 Å². The molecule has 2 amide bonds. The Hall–Kier alpha value is -1.89. The van der Waals surface area contributed by atoms with Gasteiger partial charge in [0.1, 0.15) is 0 Å². The van der Waals surface area contributed by atoms with Gasteiger partial charge in [0.2, 0.25) is 11.8 Å². The lowest BCUT2D eigenvalue weighted by Crippen LogP contribution is -2.42. The van der Waals surface area contributed by atoms with Crippen LogP contribution in [0.2, 0.25) is 0 Å². The molecule has 0 unspecified atom stereocenters. The molecule has 0 aliphatic carbocycles. The van der Waals surface area contributed by atoms with E-state index >= 15 is 0 Å². The van der Waals surface area contributed by atoms with Crippen molar-refractivity contribution in [3.8, 4) is 0 Å². The van der Waals surface area contributed by atoms with Gasteiger partial charge in [-0.25, -0.2) is 0 Å². The van der Waals surface area contributed by atoms with Crippen LogP contribution in [0.5, 0.6) is 0 Å². The molecule has 0 spiro atoms. The Kier molecular flexibility index (Phi) is 5.76. The van der Waals surface area contributed by atoms with Crippen molar-refractivity contribution in [3.05, 3.63) is 17.0 Å². The maximum absolute atomic E-state index is 12.4. The van der Waals surface area contributed by atoms with Gasteiger partial charge in [0.25, 0.3) is 0 Å². The molecule has 1 aromatic rings. The highest BCUT2D eigenvalue weighted by Gasteiger charge is 2.27. The summed E-state index contributed by atoms with van der Waals surface area (Å²) < 4.78 is 0. The van der Waals surface area contributed by atoms with Gasteiger partial charge in [0.15, 0.2) is 0 Å². The van der Waals surface area contributed by atoms with Gasteiger partial charge in [-0.1, -0.05) is 0 Å². The normalized spacial score (nSPS) is 21.8. The lowest BCUT2D eigenvalue weighted by molar-refractivity contribution is -0.131. The van der Waals surface area contributed by atoms with Crippen molar-refractivity contribution in [1.82, 2.24) is 20.4 Å². The Bertz CT molecular complexity index is 550. The molecule has 0 saturated carbocycles. The van der Waals surface area contributed by atoms with Crippen LogP contribution in [0.25, 0.3) is 0 Å². The van der Waals surface area contributed by atoms with Gasteiger partial charge in [0, 0.05) is 32.1 Å². The SMILES string of the molecule is CC(=O)N[C@H]1CCN(C(=O)CCc2c(C)n[nH]c2C)CC[C@@H]1O. The van der Waals surface area contributed by atoms with E-state index in [1.165, 1.54) is 6.92 Å². The van der Waals surface area contributed by atoms with Crippen LogP contribution in [0, 0.1) is 13.8 Å². The first-order chi connectivity index (χ1) is 10.9. The Balaban J connectivity index is 1.89. The van der Waals surface area contributed by atoms with E-state index in [1.54, 1.807) is 4.90 Å². The number of aliphatic hydroxyl groups excluding tert-OH is 1.